The van der Waals surface area contributed by atoms with Gasteiger partial charge in [-0.2, -0.15) is 0 Å². The minimum Gasteiger partial charge on any atom is -0.476 e. The molecule has 19 heavy (non-hydrogen) atoms. The molecule has 4 nitrogen and oxygen atoms in total. The molecule has 2 heterocycles. The van der Waals surface area contributed by atoms with Gasteiger partial charge in [0.15, 0.2) is 5.69 Å². The van der Waals surface area contributed by atoms with Crippen LogP contribution in [-0.2, 0) is 0 Å². The van der Waals surface area contributed by atoms with Gasteiger partial charge < -0.3 is 9.67 Å². The Kier molecular flexibility index (Phi) is 2.89. The van der Waals surface area contributed by atoms with Gasteiger partial charge in [-0.25, -0.2) is 9.78 Å². The van der Waals surface area contributed by atoms with E-state index in [1.54, 1.807) is 4.57 Å². The lowest BCUT2D eigenvalue weighted by Crippen LogP contribution is -2.02. The Hall–Kier alpha value is -2.40. The summed E-state index contributed by atoms with van der Waals surface area (Å²) in [4.78, 5) is 15.5. The zero-order chi connectivity index (χ0) is 13.2. The van der Waals surface area contributed by atoms with Crippen LogP contribution >= 0.6 is 11.3 Å². The third-order valence-corrected chi connectivity index (χ3v) is 3.79. The Morgan fingerprint density at radius 2 is 1.79 bits per heavy atom. The molecule has 0 aliphatic rings. The maximum Gasteiger partial charge on any atom is 0.357 e. The van der Waals surface area contributed by atoms with Crippen LogP contribution < -0.4 is 0 Å². The lowest BCUT2D eigenvalue weighted by Gasteiger charge is -1.98. The van der Waals surface area contributed by atoms with Crippen LogP contribution in [0.1, 0.15) is 10.5 Å². The van der Waals surface area contributed by atoms with Crippen molar-refractivity contribution in [3.8, 4) is 15.6 Å². The van der Waals surface area contributed by atoms with E-state index >= 15 is 0 Å². The minimum atomic E-state index is -1.01. The van der Waals surface area contributed by atoms with E-state index in [1.165, 1.54) is 11.3 Å². The van der Waals surface area contributed by atoms with Gasteiger partial charge in [0.25, 0.3) is 0 Å². The van der Waals surface area contributed by atoms with Gasteiger partial charge in [0.2, 0.25) is 0 Å². The quantitative estimate of drug-likeness (QED) is 0.794. The first-order valence-electron chi connectivity index (χ1n) is 5.68. The number of aromatic carboxylic acids is 1. The summed E-state index contributed by atoms with van der Waals surface area (Å²) in [6.45, 7) is 0. The van der Waals surface area contributed by atoms with E-state index in [-0.39, 0.29) is 5.69 Å². The lowest BCUT2D eigenvalue weighted by atomic mass is 10.2. The fourth-order valence-corrected chi connectivity index (χ4v) is 2.83. The van der Waals surface area contributed by atoms with Crippen molar-refractivity contribution in [3.05, 3.63) is 60.6 Å². The Morgan fingerprint density at radius 3 is 2.42 bits per heavy atom. The van der Waals surface area contributed by atoms with Gasteiger partial charge in [0.1, 0.15) is 10.0 Å². The number of carbonyl (C=O) groups is 1. The molecule has 0 amide bonds. The molecule has 0 aliphatic heterocycles. The van der Waals surface area contributed by atoms with Crippen LogP contribution in [0.15, 0.2) is 54.9 Å². The van der Waals surface area contributed by atoms with Crippen molar-refractivity contribution in [2.75, 3.05) is 0 Å². The van der Waals surface area contributed by atoms with Gasteiger partial charge in [-0.3, -0.25) is 0 Å². The first-order valence-corrected chi connectivity index (χ1v) is 6.50. The van der Waals surface area contributed by atoms with Crippen LogP contribution in [0.3, 0.4) is 0 Å². The van der Waals surface area contributed by atoms with E-state index in [4.69, 9.17) is 0 Å². The number of carboxylic acid groups (broad SMARTS) is 1. The van der Waals surface area contributed by atoms with E-state index in [2.05, 4.69) is 4.98 Å². The number of thiazole rings is 1. The van der Waals surface area contributed by atoms with Gasteiger partial charge in [0.05, 0.1) is 0 Å². The van der Waals surface area contributed by atoms with E-state index < -0.39 is 5.97 Å². The van der Waals surface area contributed by atoms with Crippen LogP contribution in [-0.4, -0.2) is 20.6 Å². The Bertz CT molecular complexity index is 702. The second-order valence-electron chi connectivity index (χ2n) is 3.93. The topological polar surface area (TPSA) is 55.1 Å². The third-order valence-electron chi connectivity index (χ3n) is 2.67. The molecular formula is C14H10N2O2S. The van der Waals surface area contributed by atoms with Crippen molar-refractivity contribution in [3.63, 3.8) is 0 Å². The molecule has 0 spiro atoms. The fraction of sp³-hybridized carbons (Fsp3) is 0. The van der Waals surface area contributed by atoms with E-state index in [0.29, 0.717) is 10.0 Å². The second kappa shape index (κ2) is 4.70. The van der Waals surface area contributed by atoms with E-state index in [9.17, 15) is 9.90 Å². The molecule has 0 unspecified atom stereocenters. The number of benzene rings is 1. The SMILES string of the molecule is O=C(O)c1nc(-c2ccccc2)sc1-n1cccc1. The molecule has 3 aromatic rings. The van der Waals surface area contributed by atoms with Crippen molar-refractivity contribution in [2.45, 2.75) is 0 Å². The van der Waals surface area contributed by atoms with Crippen LogP contribution in [0.5, 0.6) is 0 Å². The van der Waals surface area contributed by atoms with E-state index in [0.717, 1.165) is 5.56 Å². The van der Waals surface area contributed by atoms with Crippen LogP contribution in [0.25, 0.3) is 15.6 Å². The molecule has 1 N–H and O–H groups in total. The van der Waals surface area contributed by atoms with Gasteiger partial charge >= 0.3 is 5.97 Å². The number of hydrogen-bond acceptors (Lipinski definition) is 3. The predicted molar refractivity (Wildman–Crippen MR) is 73.8 cm³/mol. The van der Waals surface area contributed by atoms with Crippen molar-refractivity contribution in [1.82, 2.24) is 9.55 Å². The largest absolute Gasteiger partial charge is 0.476 e. The van der Waals surface area contributed by atoms with Crippen molar-refractivity contribution >= 4 is 17.3 Å². The molecule has 0 fully saturated rings. The third kappa shape index (κ3) is 2.15. The normalized spacial score (nSPS) is 10.5. The summed E-state index contributed by atoms with van der Waals surface area (Å²) in [5.41, 5.74) is 1.01. The molecule has 1 aromatic carbocycles. The molecule has 0 bridgehead atoms. The zero-order valence-corrected chi connectivity index (χ0v) is 10.7. The smallest absolute Gasteiger partial charge is 0.357 e. The first-order chi connectivity index (χ1) is 9.25. The Labute approximate surface area is 113 Å². The summed E-state index contributed by atoms with van der Waals surface area (Å²) in [7, 11) is 0. The zero-order valence-electron chi connectivity index (χ0n) is 9.85. The Balaban J connectivity index is 2.15. The van der Waals surface area contributed by atoms with Crippen molar-refractivity contribution < 1.29 is 9.90 Å². The second-order valence-corrected chi connectivity index (χ2v) is 4.91. The summed E-state index contributed by atoms with van der Waals surface area (Å²) in [5.74, 6) is -1.01. The predicted octanol–water partition coefficient (Wildman–Crippen LogP) is 3.30. The summed E-state index contributed by atoms with van der Waals surface area (Å²) in [6, 6.07) is 13.3. The maximum absolute atomic E-state index is 11.3. The van der Waals surface area contributed by atoms with Crippen LogP contribution in [0.4, 0.5) is 0 Å². The summed E-state index contributed by atoms with van der Waals surface area (Å²) < 4.78 is 1.77. The highest BCUT2D eigenvalue weighted by Crippen LogP contribution is 2.30. The summed E-state index contributed by atoms with van der Waals surface area (Å²) >= 11 is 1.37. The molecule has 94 valence electrons. The average molecular weight is 270 g/mol. The monoisotopic (exact) mass is 270 g/mol. The number of nitrogens with zero attached hydrogens (tertiary/aromatic N) is 2. The number of rotatable bonds is 3. The number of aromatic nitrogens is 2. The molecular weight excluding hydrogens is 260 g/mol. The van der Waals surface area contributed by atoms with Crippen molar-refractivity contribution in [1.29, 1.82) is 0 Å². The van der Waals surface area contributed by atoms with Gasteiger partial charge in [-0.1, -0.05) is 41.7 Å². The molecule has 0 saturated carbocycles. The number of hydrogen-bond donors (Lipinski definition) is 1. The van der Waals surface area contributed by atoms with Gasteiger partial charge in [-0.05, 0) is 12.1 Å². The standard InChI is InChI=1S/C14H10N2O2S/c17-14(18)11-13(16-8-4-5-9-16)19-12(15-11)10-6-2-1-3-7-10/h1-9H,(H,17,18). The summed E-state index contributed by atoms with van der Waals surface area (Å²) in [6.07, 6.45) is 3.63. The van der Waals surface area contributed by atoms with Crippen molar-refractivity contribution in [2.24, 2.45) is 0 Å². The average Bonchev–Trinajstić information content (AvgIpc) is 3.08. The van der Waals surface area contributed by atoms with E-state index in [1.807, 2.05) is 54.9 Å². The van der Waals surface area contributed by atoms with Crippen LogP contribution in [0.2, 0.25) is 0 Å². The molecule has 0 aliphatic carbocycles. The molecule has 5 heteroatoms. The fourth-order valence-electron chi connectivity index (χ4n) is 1.80. The highest BCUT2D eigenvalue weighted by atomic mass is 32.1. The van der Waals surface area contributed by atoms with Gasteiger partial charge in [0, 0.05) is 18.0 Å². The Morgan fingerprint density at radius 1 is 1.11 bits per heavy atom. The molecule has 0 atom stereocenters. The van der Waals surface area contributed by atoms with Crippen LogP contribution in [0, 0.1) is 0 Å². The molecule has 0 radical (unpaired) electrons. The summed E-state index contributed by atoms with van der Waals surface area (Å²) in [5, 5.41) is 10.6. The highest BCUT2D eigenvalue weighted by Gasteiger charge is 2.19. The molecule has 0 saturated heterocycles. The highest BCUT2D eigenvalue weighted by molar-refractivity contribution is 7.17. The molecule has 2 aromatic heterocycles. The lowest BCUT2D eigenvalue weighted by molar-refractivity contribution is 0.0691. The van der Waals surface area contributed by atoms with Gasteiger partial charge in [-0.15, -0.1) is 0 Å². The number of carboxylic acids is 1. The maximum atomic E-state index is 11.3. The first kappa shape index (κ1) is 11.7. The molecule has 3 rings (SSSR count). The minimum absolute atomic E-state index is 0.0834.